The third-order valence-corrected chi connectivity index (χ3v) is 3.55. The first kappa shape index (κ1) is 12.0. The van der Waals surface area contributed by atoms with Crippen molar-refractivity contribution in [2.45, 2.75) is 18.9 Å². The average molecular weight is 257 g/mol. The predicted molar refractivity (Wildman–Crippen MR) is 74.4 cm³/mol. The lowest BCUT2D eigenvalue weighted by atomic mass is 10.0. The molecule has 0 radical (unpaired) electrons. The summed E-state index contributed by atoms with van der Waals surface area (Å²) in [5.74, 6) is 0.718. The van der Waals surface area contributed by atoms with E-state index in [1.54, 1.807) is 18.3 Å². The minimum atomic E-state index is -0.186. The topological polar surface area (TPSA) is 42.1 Å². The number of aromatic nitrogens is 1. The molecule has 1 aliphatic heterocycles. The zero-order valence-electron chi connectivity index (χ0n) is 10.6. The summed E-state index contributed by atoms with van der Waals surface area (Å²) in [7, 11) is 0. The standard InChI is InChI=1S/C15H16FN3/c16-12-4-1-3-11(9-12)14-5-2-8-19(14)15-7-6-13(17)10-18-15/h1,3-4,6-7,9-10,14H,2,5,8,17H2/t14-/m0/s1. The smallest absolute Gasteiger partial charge is 0.129 e. The Bertz CT molecular complexity index is 568. The molecule has 0 saturated carbocycles. The van der Waals surface area contributed by atoms with Gasteiger partial charge in [-0.3, -0.25) is 0 Å². The number of rotatable bonds is 2. The third kappa shape index (κ3) is 2.38. The SMILES string of the molecule is Nc1ccc(N2CCC[C@H]2c2cccc(F)c2)nc1. The summed E-state index contributed by atoms with van der Waals surface area (Å²) in [5, 5.41) is 0. The highest BCUT2D eigenvalue weighted by atomic mass is 19.1. The highest BCUT2D eigenvalue weighted by molar-refractivity contribution is 5.48. The predicted octanol–water partition coefficient (Wildman–Crippen LogP) is 3.14. The first-order chi connectivity index (χ1) is 9.24. The molecule has 0 spiro atoms. The van der Waals surface area contributed by atoms with Crippen LogP contribution in [0.4, 0.5) is 15.9 Å². The largest absolute Gasteiger partial charge is 0.397 e. The van der Waals surface area contributed by atoms with E-state index in [-0.39, 0.29) is 11.9 Å². The normalized spacial score (nSPS) is 18.8. The van der Waals surface area contributed by atoms with Crippen LogP contribution in [0.15, 0.2) is 42.6 Å². The van der Waals surface area contributed by atoms with E-state index >= 15 is 0 Å². The van der Waals surface area contributed by atoms with Crippen LogP contribution < -0.4 is 10.6 Å². The molecule has 1 saturated heterocycles. The second kappa shape index (κ2) is 4.88. The molecule has 1 atom stereocenters. The molecule has 1 aliphatic rings. The minimum Gasteiger partial charge on any atom is -0.397 e. The van der Waals surface area contributed by atoms with Crippen LogP contribution in [-0.4, -0.2) is 11.5 Å². The zero-order chi connectivity index (χ0) is 13.2. The molecule has 0 amide bonds. The molecule has 4 heteroatoms. The van der Waals surface area contributed by atoms with Gasteiger partial charge in [-0.15, -0.1) is 0 Å². The van der Waals surface area contributed by atoms with Gasteiger partial charge in [-0.2, -0.15) is 0 Å². The second-order valence-electron chi connectivity index (χ2n) is 4.86. The quantitative estimate of drug-likeness (QED) is 0.898. The van der Waals surface area contributed by atoms with Gasteiger partial charge in [-0.1, -0.05) is 12.1 Å². The van der Waals surface area contributed by atoms with Gasteiger partial charge in [0, 0.05) is 6.54 Å². The number of pyridine rings is 1. The fourth-order valence-corrected chi connectivity index (χ4v) is 2.67. The number of halogens is 1. The Balaban J connectivity index is 1.91. The first-order valence-electron chi connectivity index (χ1n) is 6.48. The highest BCUT2D eigenvalue weighted by Gasteiger charge is 2.27. The minimum absolute atomic E-state index is 0.186. The van der Waals surface area contributed by atoms with Crippen molar-refractivity contribution >= 4 is 11.5 Å². The van der Waals surface area contributed by atoms with Gasteiger partial charge in [0.1, 0.15) is 11.6 Å². The Labute approximate surface area is 111 Å². The molecule has 0 bridgehead atoms. The Morgan fingerprint density at radius 2 is 2.16 bits per heavy atom. The molecule has 3 nitrogen and oxygen atoms in total. The fraction of sp³-hybridized carbons (Fsp3) is 0.267. The van der Waals surface area contributed by atoms with Gasteiger partial charge in [0.05, 0.1) is 17.9 Å². The number of nitrogen functional groups attached to an aromatic ring is 1. The van der Waals surface area contributed by atoms with Crippen molar-refractivity contribution in [1.29, 1.82) is 0 Å². The molecule has 2 aromatic rings. The van der Waals surface area contributed by atoms with Crippen LogP contribution in [0.5, 0.6) is 0 Å². The second-order valence-corrected chi connectivity index (χ2v) is 4.86. The highest BCUT2D eigenvalue weighted by Crippen LogP contribution is 2.35. The summed E-state index contributed by atoms with van der Waals surface area (Å²) in [4.78, 5) is 6.58. The number of hydrogen-bond acceptors (Lipinski definition) is 3. The van der Waals surface area contributed by atoms with E-state index in [1.807, 2.05) is 18.2 Å². The van der Waals surface area contributed by atoms with Crippen LogP contribution in [0.25, 0.3) is 0 Å². The van der Waals surface area contributed by atoms with Crippen LogP contribution in [0.3, 0.4) is 0 Å². The van der Waals surface area contributed by atoms with Crippen molar-refractivity contribution in [2.24, 2.45) is 0 Å². The monoisotopic (exact) mass is 257 g/mol. The molecule has 2 heterocycles. The average Bonchev–Trinajstić information content (AvgIpc) is 2.89. The molecule has 1 aromatic carbocycles. The number of anilines is 2. The van der Waals surface area contributed by atoms with Crippen LogP contribution in [0.2, 0.25) is 0 Å². The zero-order valence-corrected chi connectivity index (χ0v) is 10.6. The summed E-state index contributed by atoms with van der Waals surface area (Å²) in [5.41, 5.74) is 7.33. The lowest BCUT2D eigenvalue weighted by Gasteiger charge is -2.26. The molecule has 19 heavy (non-hydrogen) atoms. The Morgan fingerprint density at radius 1 is 1.26 bits per heavy atom. The maximum Gasteiger partial charge on any atom is 0.129 e. The van der Waals surface area contributed by atoms with Gasteiger partial charge in [0.25, 0.3) is 0 Å². The number of nitrogens with two attached hydrogens (primary N) is 1. The van der Waals surface area contributed by atoms with Gasteiger partial charge in [0.2, 0.25) is 0 Å². The van der Waals surface area contributed by atoms with E-state index in [0.29, 0.717) is 5.69 Å². The first-order valence-corrected chi connectivity index (χ1v) is 6.48. The number of hydrogen-bond donors (Lipinski definition) is 1. The molecule has 1 fully saturated rings. The number of benzene rings is 1. The molecule has 0 unspecified atom stereocenters. The van der Waals surface area contributed by atoms with Gasteiger partial charge in [-0.25, -0.2) is 9.37 Å². The van der Waals surface area contributed by atoms with Gasteiger partial charge >= 0.3 is 0 Å². The van der Waals surface area contributed by atoms with E-state index < -0.39 is 0 Å². The van der Waals surface area contributed by atoms with E-state index in [2.05, 4.69) is 9.88 Å². The van der Waals surface area contributed by atoms with Crippen molar-refractivity contribution in [1.82, 2.24) is 4.98 Å². The van der Waals surface area contributed by atoms with Crippen molar-refractivity contribution in [3.63, 3.8) is 0 Å². The van der Waals surface area contributed by atoms with Gasteiger partial charge in [-0.05, 0) is 42.7 Å². The third-order valence-electron chi connectivity index (χ3n) is 3.55. The van der Waals surface area contributed by atoms with Crippen molar-refractivity contribution in [3.05, 3.63) is 54.0 Å². The van der Waals surface area contributed by atoms with Crippen molar-refractivity contribution in [2.75, 3.05) is 17.2 Å². The lowest BCUT2D eigenvalue weighted by Crippen LogP contribution is -2.23. The van der Waals surface area contributed by atoms with E-state index in [1.165, 1.54) is 6.07 Å². The lowest BCUT2D eigenvalue weighted by molar-refractivity contribution is 0.618. The number of nitrogens with zero attached hydrogens (tertiary/aromatic N) is 2. The molecule has 3 rings (SSSR count). The summed E-state index contributed by atoms with van der Waals surface area (Å²) >= 11 is 0. The van der Waals surface area contributed by atoms with Crippen molar-refractivity contribution in [3.8, 4) is 0 Å². The molecule has 2 N–H and O–H groups in total. The molecule has 1 aromatic heterocycles. The van der Waals surface area contributed by atoms with Crippen LogP contribution in [0, 0.1) is 5.82 Å². The van der Waals surface area contributed by atoms with E-state index in [0.717, 1.165) is 30.8 Å². The van der Waals surface area contributed by atoms with Gasteiger partial charge in [0.15, 0.2) is 0 Å². The van der Waals surface area contributed by atoms with Crippen LogP contribution in [-0.2, 0) is 0 Å². The Kier molecular flexibility index (Phi) is 3.07. The summed E-state index contributed by atoms with van der Waals surface area (Å²) < 4.78 is 13.4. The molecular weight excluding hydrogens is 241 g/mol. The summed E-state index contributed by atoms with van der Waals surface area (Å²) in [6, 6.07) is 10.8. The fourth-order valence-electron chi connectivity index (χ4n) is 2.67. The Morgan fingerprint density at radius 3 is 2.89 bits per heavy atom. The maximum absolute atomic E-state index is 13.4. The summed E-state index contributed by atoms with van der Waals surface area (Å²) in [6.07, 6.45) is 3.78. The van der Waals surface area contributed by atoms with Crippen LogP contribution >= 0.6 is 0 Å². The van der Waals surface area contributed by atoms with E-state index in [4.69, 9.17) is 5.73 Å². The Hall–Kier alpha value is -2.10. The van der Waals surface area contributed by atoms with Crippen LogP contribution in [0.1, 0.15) is 24.4 Å². The van der Waals surface area contributed by atoms with Gasteiger partial charge < -0.3 is 10.6 Å². The molecule has 98 valence electrons. The van der Waals surface area contributed by atoms with E-state index in [9.17, 15) is 4.39 Å². The molecular formula is C15H16FN3. The molecule has 0 aliphatic carbocycles. The maximum atomic E-state index is 13.4. The van der Waals surface area contributed by atoms with Crippen molar-refractivity contribution < 1.29 is 4.39 Å². The summed E-state index contributed by atoms with van der Waals surface area (Å²) in [6.45, 7) is 0.943.